The fourth-order valence-electron chi connectivity index (χ4n) is 1.52. The third kappa shape index (κ3) is 6.92. The van der Waals surface area contributed by atoms with E-state index >= 15 is 0 Å². The molecular formula is C13H18N2O5S2. The summed E-state index contributed by atoms with van der Waals surface area (Å²) in [6.07, 6.45) is 1.03. The SMILES string of the molecule is CN(CC(=O)Nc1cccc(CSCC(=O)O)c1)S(C)(=O)=O. The van der Waals surface area contributed by atoms with Crippen molar-refractivity contribution in [1.29, 1.82) is 0 Å². The largest absolute Gasteiger partial charge is 0.481 e. The van der Waals surface area contributed by atoms with E-state index in [1.54, 1.807) is 18.2 Å². The van der Waals surface area contributed by atoms with Crippen molar-refractivity contribution in [2.45, 2.75) is 5.75 Å². The fraction of sp³-hybridized carbons (Fsp3) is 0.385. The number of aliphatic carboxylic acids is 1. The summed E-state index contributed by atoms with van der Waals surface area (Å²) in [6, 6.07) is 6.98. The van der Waals surface area contributed by atoms with Gasteiger partial charge in [0.1, 0.15) is 0 Å². The number of hydrogen-bond acceptors (Lipinski definition) is 5. The first-order chi connectivity index (χ1) is 10.2. The molecule has 9 heteroatoms. The molecule has 7 nitrogen and oxygen atoms in total. The van der Waals surface area contributed by atoms with Crippen LogP contribution in [0.5, 0.6) is 0 Å². The van der Waals surface area contributed by atoms with Crippen LogP contribution in [-0.4, -0.2) is 55.3 Å². The van der Waals surface area contributed by atoms with Crippen LogP contribution in [0.25, 0.3) is 0 Å². The molecule has 1 aromatic carbocycles. The monoisotopic (exact) mass is 346 g/mol. The van der Waals surface area contributed by atoms with E-state index in [9.17, 15) is 18.0 Å². The smallest absolute Gasteiger partial charge is 0.313 e. The minimum absolute atomic E-state index is 0.00966. The molecule has 0 radical (unpaired) electrons. The summed E-state index contributed by atoms with van der Waals surface area (Å²) in [6.45, 7) is -0.267. The van der Waals surface area contributed by atoms with Crippen LogP contribution in [0, 0.1) is 0 Å². The Bertz CT molecular complexity index is 646. The maximum absolute atomic E-state index is 11.8. The van der Waals surface area contributed by atoms with Gasteiger partial charge in [-0.25, -0.2) is 8.42 Å². The third-order valence-electron chi connectivity index (χ3n) is 2.64. The summed E-state index contributed by atoms with van der Waals surface area (Å²) in [5, 5.41) is 11.2. The quantitative estimate of drug-likeness (QED) is 0.723. The van der Waals surface area contributed by atoms with E-state index in [1.807, 2.05) is 6.07 Å². The summed E-state index contributed by atoms with van der Waals surface area (Å²) in [5.74, 6) is -0.795. The molecule has 0 heterocycles. The lowest BCUT2D eigenvalue weighted by Crippen LogP contribution is -2.34. The van der Waals surface area contributed by atoms with Gasteiger partial charge >= 0.3 is 5.97 Å². The first-order valence-electron chi connectivity index (χ1n) is 6.28. The zero-order chi connectivity index (χ0) is 16.8. The highest BCUT2D eigenvalue weighted by atomic mass is 32.2. The molecule has 0 aliphatic carbocycles. The highest BCUT2D eigenvalue weighted by Crippen LogP contribution is 2.16. The average Bonchev–Trinajstić information content (AvgIpc) is 2.37. The molecule has 1 aromatic rings. The Labute approximate surface area is 133 Å². The second-order valence-corrected chi connectivity index (χ2v) is 7.73. The molecule has 0 fully saturated rings. The maximum Gasteiger partial charge on any atom is 0.313 e. The Hall–Kier alpha value is -1.58. The van der Waals surface area contributed by atoms with Gasteiger partial charge in [-0.05, 0) is 17.7 Å². The highest BCUT2D eigenvalue weighted by molar-refractivity contribution is 7.99. The number of carboxylic acid groups (broad SMARTS) is 1. The van der Waals surface area contributed by atoms with Gasteiger partial charge in [0.25, 0.3) is 0 Å². The van der Waals surface area contributed by atoms with Crippen molar-refractivity contribution in [3.05, 3.63) is 29.8 Å². The number of nitrogens with one attached hydrogen (secondary N) is 1. The standard InChI is InChI=1S/C13H18N2O5S2/c1-15(22(2,19)20)7-12(16)14-11-5-3-4-10(6-11)8-21-9-13(17)18/h3-6H,7-9H2,1-2H3,(H,14,16)(H,17,18). The third-order valence-corrected chi connectivity index (χ3v) is 4.89. The van der Waals surface area contributed by atoms with Crippen LogP contribution < -0.4 is 5.32 Å². The number of carbonyl (C=O) groups excluding carboxylic acids is 1. The van der Waals surface area contributed by atoms with Gasteiger partial charge in [0, 0.05) is 18.5 Å². The van der Waals surface area contributed by atoms with E-state index in [-0.39, 0.29) is 12.3 Å². The lowest BCUT2D eigenvalue weighted by atomic mass is 10.2. The fourth-order valence-corrected chi connectivity index (χ4v) is 2.56. The normalized spacial score (nSPS) is 11.4. The topological polar surface area (TPSA) is 104 Å². The molecule has 122 valence electrons. The van der Waals surface area contributed by atoms with Crippen molar-refractivity contribution in [3.8, 4) is 0 Å². The number of carbonyl (C=O) groups is 2. The van der Waals surface area contributed by atoms with E-state index in [0.29, 0.717) is 11.4 Å². The number of hydrogen-bond donors (Lipinski definition) is 2. The predicted octanol–water partition coefficient (Wildman–Crippen LogP) is 0.834. The molecule has 1 amide bonds. The van der Waals surface area contributed by atoms with Crippen molar-refractivity contribution >= 4 is 39.3 Å². The number of nitrogens with zero attached hydrogens (tertiary/aromatic N) is 1. The van der Waals surface area contributed by atoms with Crippen molar-refractivity contribution < 1.29 is 23.1 Å². The Morgan fingerprint density at radius 1 is 1.36 bits per heavy atom. The maximum atomic E-state index is 11.8. The van der Waals surface area contributed by atoms with Gasteiger partial charge < -0.3 is 10.4 Å². The van der Waals surface area contributed by atoms with Crippen LogP contribution in [0.15, 0.2) is 24.3 Å². The van der Waals surface area contributed by atoms with E-state index < -0.39 is 21.9 Å². The van der Waals surface area contributed by atoms with Crippen molar-refractivity contribution in [2.75, 3.05) is 30.9 Å². The molecule has 0 aliphatic heterocycles. The van der Waals surface area contributed by atoms with E-state index in [4.69, 9.17) is 5.11 Å². The summed E-state index contributed by atoms with van der Waals surface area (Å²) in [4.78, 5) is 22.2. The van der Waals surface area contributed by atoms with Gasteiger partial charge in [0.2, 0.25) is 15.9 Å². The molecule has 0 aliphatic rings. The van der Waals surface area contributed by atoms with Gasteiger partial charge in [0.15, 0.2) is 0 Å². The first kappa shape index (κ1) is 18.5. The molecule has 22 heavy (non-hydrogen) atoms. The number of anilines is 1. The molecule has 0 bridgehead atoms. The van der Waals surface area contributed by atoms with E-state index in [1.165, 1.54) is 18.8 Å². The van der Waals surface area contributed by atoms with Crippen molar-refractivity contribution in [1.82, 2.24) is 4.31 Å². The molecule has 1 rings (SSSR count). The zero-order valence-electron chi connectivity index (χ0n) is 12.3. The molecular weight excluding hydrogens is 328 g/mol. The molecule has 0 atom stereocenters. The number of rotatable bonds is 8. The number of benzene rings is 1. The summed E-state index contributed by atoms with van der Waals surface area (Å²) in [7, 11) is -2.08. The Kier molecular flexibility index (Phi) is 6.85. The average molecular weight is 346 g/mol. The van der Waals surface area contributed by atoms with Gasteiger partial charge in [-0.2, -0.15) is 4.31 Å². The molecule has 0 saturated carbocycles. The van der Waals surface area contributed by atoms with Crippen LogP contribution in [0.3, 0.4) is 0 Å². The lowest BCUT2D eigenvalue weighted by molar-refractivity contribution is -0.133. The molecule has 0 saturated heterocycles. The zero-order valence-corrected chi connectivity index (χ0v) is 13.9. The van der Waals surface area contributed by atoms with E-state index in [2.05, 4.69) is 5.32 Å². The number of amides is 1. The Morgan fingerprint density at radius 2 is 2.05 bits per heavy atom. The summed E-state index contributed by atoms with van der Waals surface area (Å²) < 4.78 is 23.4. The number of thioether (sulfide) groups is 1. The predicted molar refractivity (Wildman–Crippen MR) is 86.3 cm³/mol. The minimum atomic E-state index is -3.40. The van der Waals surface area contributed by atoms with Crippen molar-refractivity contribution in [3.63, 3.8) is 0 Å². The molecule has 0 spiro atoms. The van der Waals surface area contributed by atoms with Crippen LogP contribution in [0.2, 0.25) is 0 Å². The number of carboxylic acids is 1. The Morgan fingerprint density at radius 3 is 2.64 bits per heavy atom. The molecule has 0 unspecified atom stereocenters. The second kappa shape index (κ2) is 8.16. The minimum Gasteiger partial charge on any atom is -0.481 e. The first-order valence-corrected chi connectivity index (χ1v) is 9.28. The summed E-state index contributed by atoms with van der Waals surface area (Å²) in [5.41, 5.74) is 1.42. The highest BCUT2D eigenvalue weighted by Gasteiger charge is 2.15. The second-order valence-electron chi connectivity index (χ2n) is 4.65. The molecule has 0 aromatic heterocycles. The summed E-state index contributed by atoms with van der Waals surface area (Å²) >= 11 is 1.26. The van der Waals surface area contributed by atoms with Gasteiger partial charge in [-0.1, -0.05) is 12.1 Å². The molecule has 2 N–H and O–H groups in total. The van der Waals surface area contributed by atoms with Crippen molar-refractivity contribution in [2.24, 2.45) is 0 Å². The lowest BCUT2D eigenvalue weighted by Gasteiger charge is -2.14. The number of sulfonamides is 1. The van der Waals surface area contributed by atoms with Gasteiger partial charge in [-0.15, -0.1) is 11.8 Å². The van der Waals surface area contributed by atoms with E-state index in [0.717, 1.165) is 16.1 Å². The van der Waals surface area contributed by atoms with Crippen LogP contribution in [0.4, 0.5) is 5.69 Å². The van der Waals surface area contributed by atoms with Gasteiger partial charge in [0.05, 0.1) is 18.6 Å². The van der Waals surface area contributed by atoms with Gasteiger partial charge in [-0.3, -0.25) is 9.59 Å². The number of likely N-dealkylation sites (N-methyl/N-ethyl adjacent to an activating group) is 1. The Balaban J connectivity index is 2.59. The van der Waals surface area contributed by atoms with Crippen LogP contribution in [0.1, 0.15) is 5.56 Å². The van der Waals surface area contributed by atoms with Crippen LogP contribution >= 0.6 is 11.8 Å². The van der Waals surface area contributed by atoms with Crippen LogP contribution in [-0.2, 0) is 25.4 Å².